The number of rotatable bonds is 6. The summed E-state index contributed by atoms with van der Waals surface area (Å²) in [4.78, 5) is 0. The summed E-state index contributed by atoms with van der Waals surface area (Å²) in [7, 11) is 0.127. The molecule has 10 radical (unpaired) electrons. The van der Waals surface area contributed by atoms with Gasteiger partial charge in [0.1, 0.15) is 0 Å². The van der Waals surface area contributed by atoms with Crippen LogP contribution in [0.25, 0.3) is 0 Å². The zero-order valence-electron chi connectivity index (χ0n) is 17.9. The summed E-state index contributed by atoms with van der Waals surface area (Å²) in [6.45, 7) is 18.7. The van der Waals surface area contributed by atoms with Gasteiger partial charge in [-0.1, -0.05) is 71.2 Å². The minimum absolute atomic E-state index is 0. The van der Waals surface area contributed by atoms with Crippen molar-refractivity contribution in [3.63, 3.8) is 0 Å². The van der Waals surface area contributed by atoms with Crippen molar-refractivity contribution < 1.29 is 52.3 Å². The Balaban J connectivity index is -0.000000384. The van der Waals surface area contributed by atoms with E-state index in [1.807, 2.05) is 0 Å². The van der Waals surface area contributed by atoms with Gasteiger partial charge in [0.05, 0.1) is 0 Å². The van der Waals surface area contributed by atoms with Crippen LogP contribution in [0.2, 0.25) is 0 Å². The smallest absolute Gasteiger partial charge is 1.00 e. The van der Waals surface area contributed by atoms with Gasteiger partial charge in [-0.2, -0.15) is 0 Å². The summed E-state index contributed by atoms with van der Waals surface area (Å²) in [6, 6.07) is 0. The van der Waals surface area contributed by atoms with E-state index in [0.29, 0.717) is 0 Å². The molecule has 0 saturated heterocycles. The van der Waals surface area contributed by atoms with Crippen molar-refractivity contribution in [3.8, 4) is 0 Å². The largest absolute Gasteiger partial charge is 2.00 e. The summed E-state index contributed by atoms with van der Waals surface area (Å²) >= 11 is 0. The molecule has 0 unspecified atom stereocenters. The van der Waals surface area contributed by atoms with Crippen molar-refractivity contribution in [1.29, 1.82) is 0 Å². The number of hydrogen-bond acceptors (Lipinski definition) is 0. The molecule has 0 nitrogen and oxygen atoms in total. The van der Waals surface area contributed by atoms with Gasteiger partial charge < -0.3 is 12.4 Å². The maximum absolute atomic E-state index is 2.33. The Bertz CT molecular complexity index is 280. The van der Waals surface area contributed by atoms with Gasteiger partial charge in [0.15, 0.2) is 0 Å². The van der Waals surface area contributed by atoms with E-state index in [1.54, 1.807) is 11.3 Å². The first-order valence-electron chi connectivity index (χ1n) is 9.25. The van der Waals surface area contributed by atoms with E-state index in [1.165, 1.54) is 0 Å². The number of halogens is 1. The molecule has 27 heavy (non-hydrogen) atoms. The van der Waals surface area contributed by atoms with E-state index < -0.39 is 0 Å². The molecule has 0 spiro atoms. The first kappa shape index (κ1) is 34.1. The molecular weight excluding hydrogens is 569 g/mol. The third kappa shape index (κ3) is 12.2. The van der Waals surface area contributed by atoms with Crippen molar-refractivity contribution in [3.05, 3.63) is 62.7 Å². The van der Waals surface area contributed by atoms with Crippen molar-refractivity contribution >= 4 is 15.8 Å². The van der Waals surface area contributed by atoms with E-state index in [2.05, 4.69) is 107 Å². The second-order valence-corrected chi connectivity index (χ2v) is 14.3. The molecule has 156 valence electrons. The Labute approximate surface area is 207 Å². The van der Waals surface area contributed by atoms with Crippen LogP contribution >= 0.6 is 15.8 Å². The fraction of sp³-hybridized carbons (Fsp3) is 0.545. The van der Waals surface area contributed by atoms with Crippen LogP contribution in [0.1, 0.15) is 55.4 Å². The normalized spacial score (nSPS) is 18.0. The summed E-state index contributed by atoms with van der Waals surface area (Å²) in [5, 5.41) is 0. The van der Waals surface area contributed by atoms with E-state index in [4.69, 9.17) is 0 Å². The van der Waals surface area contributed by atoms with E-state index in [-0.39, 0.29) is 68.2 Å². The molecule has 0 aromatic rings. The molecule has 2 aliphatic rings. The molecule has 0 aliphatic heterocycles. The van der Waals surface area contributed by atoms with Gasteiger partial charge in [0.25, 0.3) is 0 Å². The second-order valence-electron chi connectivity index (χ2n) is 7.48. The van der Waals surface area contributed by atoms with Crippen molar-refractivity contribution in [2.45, 2.75) is 78.0 Å². The predicted molar refractivity (Wildman–Crippen MR) is 115 cm³/mol. The first-order chi connectivity index (χ1) is 11.3. The average molecular weight is 605 g/mol. The molecule has 0 atom stereocenters. The van der Waals surface area contributed by atoms with Crippen LogP contribution in [-0.4, -0.2) is 22.6 Å². The molecule has 0 bridgehead atoms. The standard InChI is InChI=1S/2C11H18P.ClH.Pd.Ru/c2*1-9(2)12(10(3)4)11-7-5-6-8-11;;;/h2*5-10H,1-4H3;1H;;/q;;;2*+2/p-1. The van der Waals surface area contributed by atoms with Gasteiger partial charge in [0, 0.05) is 11.3 Å². The van der Waals surface area contributed by atoms with Gasteiger partial charge >= 0.3 is 39.9 Å². The molecule has 0 aromatic carbocycles. The molecule has 2 aliphatic carbocycles. The molecule has 0 amide bonds. The van der Waals surface area contributed by atoms with Crippen molar-refractivity contribution in [1.82, 2.24) is 0 Å². The predicted octanol–water partition coefficient (Wildman–Crippen LogP) is 4.29. The summed E-state index contributed by atoms with van der Waals surface area (Å²) in [6.07, 6.45) is 17.7. The Morgan fingerprint density at radius 1 is 0.519 bits per heavy atom. The quantitative estimate of drug-likeness (QED) is 0.313. The summed E-state index contributed by atoms with van der Waals surface area (Å²) < 4.78 is 0. The van der Waals surface area contributed by atoms with Crippen LogP contribution < -0.4 is 12.4 Å². The van der Waals surface area contributed by atoms with Crippen LogP contribution in [0.5, 0.6) is 0 Å². The Kier molecular flexibility index (Phi) is 22.8. The molecule has 2 rings (SSSR count). The zero-order valence-corrected chi connectivity index (χ0v) is 23.7. The maximum atomic E-state index is 2.33. The molecule has 2 saturated carbocycles. The first-order valence-corrected chi connectivity index (χ1v) is 12.2. The minimum atomic E-state index is 0. The minimum Gasteiger partial charge on any atom is -1.00 e. The summed E-state index contributed by atoms with van der Waals surface area (Å²) in [5.74, 6) is 0. The monoisotopic (exact) mass is 605 g/mol. The van der Waals surface area contributed by atoms with Gasteiger partial charge in [-0.3, -0.25) is 0 Å². The van der Waals surface area contributed by atoms with E-state index in [9.17, 15) is 0 Å². The Morgan fingerprint density at radius 3 is 0.852 bits per heavy atom. The fourth-order valence-electron chi connectivity index (χ4n) is 3.46. The average Bonchev–Trinajstić information content (AvgIpc) is 3.11. The third-order valence-electron chi connectivity index (χ3n) is 4.11. The molecule has 2 fully saturated rings. The Hall–Kier alpha value is 2.44. The van der Waals surface area contributed by atoms with Crippen LogP contribution in [0.4, 0.5) is 0 Å². The van der Waals surface area contributed by atoms with Crippen LogP contribution in [-0.2, 0) is 39.9 Å². The number of hydrogen-bond donors (Lipinski definition) is 0. The van der Waals surface area contributed by atoms with Crippen molar-refractivity contribution in [2.75, 3.05) is 0 Å². The molecule has 0 heterocycles. The van der Waals surface area contributed by atoms with Crippen LogP contribution in [0.3, 0.4) is 0 Å². The van der Waals surface area contributed by atoms with Gasteiger partial charge in [-0.25, -0.2) is 0 Å². The van der Waals surface area contributed by atoms with Crippen LogP contribution in [0.15, 0.2) is 0 Å². The van der Waals surface area contributed by atoms with Crippen LogP contribution in [0, 0.1) is 62.7 Å². The zero-order chi connectivity index (χ0) is 18.3. The molecule has 5 heteroatoms. The third-order valence-corrected chi connectivity index (χ3v) is 10.4. The SMILES string of the molecule is CC(C)P([C]1[CH][CH][CH][CH]1)C(C)C.CC(C)P([C]1[CH][CH][CH][CH]1)C(C)C.[Cl-].[Pd+2].[Ru+2]. The van der Waals surface area contributed by atoms with Gasteiger partial charge in [0.2, 0.25) is 0 Å². The van der Waals surface area contributed by atoms with Gasteiger partial charge in [-0.05, 0) is 74.0 Å². The van der Waals surface area contributed by atoms with Gasteiger partial charge in [-0.15, -0.1) is 0 Å². The molecular formula is C22H36ClP2PdRu+3. The van der Waals surface area contributed by atoms with E-state index >= 15 is 0 Å². The second kappa shape index (κ2) is 18.1. The van der Waals surface area contributed by atoms with Crippen molar-refractivity contribution in [2.24, 2.45) is 0 Å². The summed E-state index contributed by atoms with van der Waals surface area (Å²) in [5.41, 5.74) is 6.36. The van der Waals surface area contributed by atoms with E-state index in [0.717, 1.165) is 22.6 Å². The molecule has 0 N–H and O–H groups in total. The molecule has 0 aromatic heterocycles. The topological polar surface area (TPSA) is 0 Å². The fourth-order valence-corrected chi connectivity index (χ4v) is 9.26. The Morgan fingerprint density at radius 2 is 0.704 bits per heavy atom. The maximum Gasteiger partial charge on any atom is 2.00 e.